The Morgan fingerprint density at radius 2 is 1.91 bits per heavy atom. The number of piperidine rings is 1. The molecule has 1 aromatic heterocycles. The van der Waals surface area contributed by atoms with Crippen molar-refractivity contribution in [2.24, 2.45) is 11.8 Å². The Bertz CT molecular complexity index is 1100. The number of sulfonamides is 1. The van der Waals surface area contributed by atoms with Gasteiger partial charge in [-0.15, -0.1) is 0 Å². The maximum absolute atomic E-state index is 12.8. The summed E-state index contributed by atoms with van der Waals surface area (Å²) in [6, 6.07) is 10.3. The molecule has 0 spiro atoms. The zero-order chi connectivity index (χ0) is 24.0. The molecule has 0 radical (unpaired) electrons. The zero-order valence-corrected chi connectivity index (χ0v) is 20.3. The van der Waals surface area contributed by atoms with Crippen LogP contribution in [0.2, 0.25) is 5.15 Å². The second-order valence-electron chi connectivity index (χ2n) is 8.54. The number of rotatable bonds is 8. The number of halogens is 1. The van der Waals surface area contributed by atoms with E-state index in [2.05, 4.69) is 15.6 Å². The molecule has 3 rings (SSSR count). The fourth-order valence-corrected chi connectivity index (χ4v) is 5.63. The first-order valence-electron chi connectivity index (χ1n) is 10.9. The minimum absolute atomic E-state index is 0.0186. The summed E-state index contributed by atoms with van der Waals surface area (Å²) < 4.78 is 27.0. The largest absolute Gasteiger partial charge is 0.352 e. The molecule has 2 amide bonds. The highest BCUT2D eigenvalue weighted by molar-refractivity contribution is 7.89. The van der Waals surface area contributed by atoms with Crippen LogP contribution in [0.4, 0.5) is 5.69 Å². The Morgan fingerprint density at radius 1 is 1.18 bits per heavy atom. The smallest absolute Gasteiger partial charge is 0.246 e. The average Bonchev–Trinajstić information content (AvgIpc) is 2.77. The highest BCUT2D eigenvalue weighted by Gasteiger charge is 2.33. The molecule has 0 bridgehead atoms. The predicted octanol–water partition coefficient (Wildman–Crippen LogP) is 3.44. The van der Waals surface area contributed by atoms with Crippen LogP contribution in [0.3, 0.4) is 0 Å². The van der Waals surface area contributed by atoms with Crippen molar-refractivity contribution in [2.75, 3.05) is 18.4 Å². The molecule has 0 aliphatic carbocycles. The fourth-order valence-electron chi connectivity index (χ4n) is 3.74. The van der Waals surface area contributed by atoms with Gasteiger partial charge in [0.2, 0.25) is 21.8 Å². The molecule has 2 aromatic rings. The number of carbonyl (C=O) groups is 2. The second kappa shape index (κ2) is 11.1. The van der Waals surface area contributed by atoms with Gasteiger partial charge in [0.05, 0.1) is 0 Å². The number of aromatic nitrogens is 1. The van der Waals surface area contributed by atoms with E-state index in [4.69, 9.17) is 11.6 Å². The number of hydrogen-bond donors (Lipinski definition) is 2. The Labute approximate surface area is 199 Å². The summed E-state index contributed by atoms with van der Waals surface area (Å²) in [5.74, 6) is -0.147. The highest BCUT2D eigenvalue weighted by Crippen LogP contribution is 2.27. The molecule has 1 saturated heterocycles. The summed E-state index contributed by atoms with van der Waals surface area (Å²) >= 11 is 5.96. The van der Waals surface area contributed by atoms with E-state index in [0.717, 1.165) is 5.56 Å². The van der Waals surface area contributed by atoms with E-state index < -0.39 is 10.0 Å². The first-order chi connectivity index (χ1) is 15.7. The summed E-state index contributed by atoms with van der Waals surface area (Å²) in [7, 11) is -3.75. The Morgan fingerprint density at radius 3 is 2.58 bits per heavy atom. The molecule has 2 heterocycles. The molecule has 10 heteroatoms. The lowest BCUT2D eigenvalue weighted by Gasteiger charge is -2.30. The predicted molar refractivity (Wildman–Crippen MR) is 127 cm³/mol. The van der Waals surface area contributed by atoms with Gasteiger partial charge in [0, 0.05) is 43.9 Å². The van der Waals surface area contributed by atoms with Crippen molar-refractivity contribution in [1.29, 1.82) is 0 Å². The molecule has 1 aliphatic rings. The van der Waals surface area contributed by atoms with Gasteiger partial charge in [0.15, 0.2) is 0 Å². The van der Waals surface area contributed by atoms with Crippen molar-refractivity contribution >= 4 is 39.1 Å². The summed E-state index contributed by atoms with van der Waals surface area (Å²) in [6.07, 6.45) is 2.73. The van der Waals surface area contributed by atoms with Gasteiger partial charge in [0.1, 0.15) is 10.0 Å². The van der Waals surface area contributed by atoms with Crippen molar-refractivity contribution in [1.82, 2.24) is 14.6 Å². The third-order valence-electron chi connectivity index (χ3n) is 5.44. The van der Waals surface area contributed by atoms with E-state index in [1.54, 1.807) is 0 Å². The summed E-state index contributed by atoms with van der Waals surface area (Å²) in [6.45, 7) is 4.78. The topological polar surface area (TPSA) is 108 Å². The number of carbonyl (C=O) groups excluding carboxylic acids is 2. The van der Waals surface area contributed by atoms with Crippen molar-refractivity contribution in [3.05, 3.63) is 53.3 Å². The van der Waals surface area contributed by atoms with E-state index in [1.807, 2.05) is 38.1 Å². The van der Waals surface area contributed by atoms with E-state index in [1.165, 1.54) is 22.6 Å². The minimum atomic E-state index is -3.75. The lowest BCUT2D eigenvalue weighted by molar-refractivity contribution is -0.126. The Hall–Kier alpha value is -2.49. The molecule has 0 saturated carbocycles. The molecule has 33 heavy (non-hydrogen) atoms. The van der Waals surface area contributed by atoms with Crippen LogP contribution < -0.4 is 10.6 Å². The number of nitrogens with zero attached hydrogens (tertiary/aromatic N) is 2. The van der Waals surface area contributed by atoms with E-state index >= 15 is 0 Å². The lowest BCUT2D eigenvalue weighted by Crippen LogP contribution is -2.43. The molecule has 8 nitrogen and oxygen atoms in total. The maximum atomic E-state index is 12.8. The Balaban J connectivity index is 1.51. The van der Waals surface area contributed by atoms with Gasteiger partial charge < -0.3 is 10.6 Å². The van der Waals surface area contributed by atoms with Crippen LogP contribution in [-0.2, 0) is 26.2 Å². The van der Waals surface area contributed by atoms with Crippen molar-refractivity contribution < 1.29 is 18.0 Å². The van der Waals surface area contributed by atoms with E-state index in [-0.39, 0.29) is 46.8 Å². The third-order valence-corrected chi connectivity index (χ3v) is 7.78. The standard InChI is InChI=1S/C23H29ClN4O4S/c1-16(2)13-21(29)27-19-6-3-5-17(14-19)15-26-23(30)18-8-11-28(12-9-18)33(31,32)20-7-4-10-25-22(20)24/h3-7,10,14,16,18H,8-9,11-13,15H2,1-2H3,(H,26,30)(H,27,29). The van der Waals surface area contributed by atoms with Crippen LogP contribution in [0.5, 0.6) is 0 Å². The monoisotopic (exact) mass is 492 g/mol. The molecule has 1 aromatic carbocycles. The van der Waals surface area contributed by atoms with Crippen LogP contribution in [0.15, 0.2) is 47.5 Å². The number of nitrogens with one attached hydrogen (secondary N) is 2. The average molecular weight is 493 g/mol. The number of hydrogen-bond acceptors (Lipinski definition) is 5. The van der Waals surface area contributed by atoms with Gasteiger partial charge in [-0.2, -0.15) is 4.31 Å². The molecule has 2 N–H and O–H groups in total. The molecular formula is C23H29ClN4O4S. The quantitative estimate of drug-likeness (QED) is 0.549. The second-order valence-corrected chi connectivity index (χ2v) is 10.8. The van der Waals surface area contributed by atoms with Gasteiger partial charge in [-0.3, -0.25) is 9.59 Å². The molecule has 1 aliphatic heterocycles. The SMILES string of the molecule is CC(C)CC(=O)Nc1cccc(CNC(=O)C2CCN(S(=O)(=O)c3cccnc3Cl)CC2)c1. The number of amides is 2. The maximum Gasteiger partial charge on any atom is 0.246 e. The molecular weight excluding hydrogens is 464 g/mol. The van der Waals surface area contributed by atoms with E-state index in [0.29, 0.717) is 31.5 Å². The zero-order valence-electron chi connectivity index (χ0n) is 18.8. The fraction of sp³-hybridized carbons (Fsp3) is 0.435. The number of pyridine rings is 1. The van der Waals surface area contributed by atoms with Crippen LogP contribution in [0, 0.1) is 11.8 Å². The first-order valence-corrected chi connectivity index (χ1v) is 12.8. The highest BCUT2D eigenvalue weighted by atomic mass is 35.5. The van der Waals surface area contributed by atoms with Gasteiger partial charge in [-0.1, -0.05) is 37.6 Å². The summed E-state index contributed by atoms with van der Waals surface area (Å²) in [4.78, 5) is 28.5. The number of anilines is 1. The Kier molecular flexibility index (Phi) is 8.45. The number of benzene rings is 1. The molecule has 1 fully saturated rings. The van der Waals surface area contributed by atoms with Gasteiger partial charge in [-0.25, -0.2) is 13.4 Å². The van der Waals surface area contributed by atoms with Crippen molar-refractivity contribution in [2.45, 2.75) is 44.6 Å². The summed E-state index contributed by atoms with van der Waals surface area (Å²) in [5.41, 5.74) is 1.57. The van der Waals surface area contributed by atoms with Crippen LogP contribution in [0.25, 0.3) is 0 Å². The third kappa shape index (κ3) is 6.75. The lowest BCUT2D eigenvalue weighted by atomic mass is 9.97. The minimum Gasteiger partial charge on any atom is -0.352 e. The van der Waals surface area contributed by atoms with Crippen LogP contribution >= 0.6 is 11.6 Å². The van der Waals surface area contributed by atoms with Crippen molar-refractivity contribution in [3.63, 3.8) is 0 Å². The van der Waals surface area contributed by atoms with Gasteiger partial charge in [0.25, 0.3) is 0 Å². The summed E-state index contributed by atoms with van der Waals surface area (Å²) in [5, 5.41) is 5.74. The van der Waals surface area contributed by atoms with Gasteiger partial charge in [-0.05, 0) is 48.6 Å². The molecule has 0 atom stereocenters. The molecule has 178 valence electrons. The van der Waals surface area contributed by atoms with E-state index in [9.17, 15) is 18.0 Å². The van der Waals surface area contributed by atoms with Gasteiger partial charge >= 0.3 is 0 Å². The van der Waals surface area contributed by atoms with Crippen LogP contribution in [0.1, 0.15) is 38.7 Å². The first kappa shape index (κ1) is 25.1. The molecule has 0 unspecified atom stereocenters. The van der Waals surface area contributed by atoms with Crippen LogP contribution in [-0.4, -0.2) is 42.6 Å². The van der Waals surface area contributed by atoms with Crippen molar-refractivity contribution in [3.8, 4) is 0 Å². The normalized spacial score (nSPS) is 15.4.